The van der Waals surface area contributed by atoms with E-state index in [1.54, 1.807) is 12.3 Å². The predicted octanol–water partition coefficient (Wildman–Crippen LogP) is 4.49. The lowest BCUT2D eigenvalue weighted by Crippen LogP contribution is -2.31. The van der Waals surface area contributed by atoms with E-state index in [1.165, 1.54) is 5.69 Å². The molecule has 6 nitrogen and oxygen atoms in total. The van der Waals surface area contributed by atoms with Crippen molar-refractivity contribution in [2.24, 2.45) is 7.05 Å². The Morgan fingerprint density at radius 1 is 1.18 bits per heavy atom. The van der Waals surface area contributed by atoms with E-state index in [1.807, 2.05) is 31.3 Å². The quantitative estimate of drug-likeness (QED) is 0.495. The first kappa shape index (κ1) is 17.7. The molecule has 5 rings (SSSR count). The topological polar surface area (TPSA) is 60.0 Å². The number of nitrogens with zero attached hydrogens (tertiary/aromatic N) is 5. The Labute approximate surface area is 171 Å². The molecule has 142 valence electrons. The van der Waals surface area contributed by atoms with Gasteiger partial charge >= 0.3 is 0 Å². The van der Waals surface area contributed by atoms with E-state index in [-0.39, 0.29) is 0 Å². The molecule has 0 fully saturated rings. The molecule has 1 aliphatic rings. The van der Waals surface area contributed by atoms with Crippen LogP contribution in [0.1, 0.15) is 17.3 Å². The van der Waals surface area contributed by atoms with Crippen LogP contribution in [0, 0.1) is 0 Å². The highest BCUT2D eigenvalue weighted by Gasteiger charge is 2.25. The first-order chi connectivity index (χ1) is 13.6. The normalized spacial score (nSPS) is 14.5. The highest BCUT2D eigenvalue weighted by atomic mass is 35.5. The van der Waals surface area contributed by atoms with Crippen LogP contribution in [0.2, 0.25) is 10.0 Å². The van der Waals surface area contributed by atoms with Gasteiger partial charge in [0.2, 0.25) is 11.6 Å². The molecule has 0 bridgehead atoms. The molecule has 0 aliphatic carbocycles. The maximum Gasteiger partial charge on any atom is 0.247 e. The van der Waals surface area contributed by atoms with Crippen molar-refractivity contribution in [1.82, 2.24) is 24.4 Å². The fourth-order valence-corrected chi connectivity index (χ4v) is 4.03. The number of hydrogen-bond donors (Lipinski definition) is 0. The molecule has 3 aromatic heterocycles. The van der Waals surface area contributed by atoms with Crippen LogP contribution >= 0.6 is 23.2 Å². The summed E-state index contributed by atoms with van der Waals surface area (Å²) in [6.07, 6.45) is 2.44. The van der Waals surface area contributed by atoms with Crippen LogP contribution in [0.3, 0.4) is 0 Å². The molecule has 0 saturated heterocycles. The van der Waals surface area contributed by atoms with Gasteiger partial charge in [-0.25, -0.2) is 15.0 Å². The molecular formula is C20H17Cl2N5O. The molecule has 28 heavy (non-hydrogen) atoms. The van der Waals surface area contributed by atoms with Gasteiger partial charge in [-0.1, -0.05) is 35.3 Å². The minimum Gasteiger partial charge on any atom is -0.421 e. The monoisotopic (exact) mass is 413 g/mol. The Kier molecular flexibility index (Phi) is 4.34. The second-order valence-corrected chi connectivity index (χ2v) is 7.76. The minimum atomic E-state index is 0.513. The highest BCUT2D eigenvalue weighted by Crippen LogP contribution is 2.30. The van der Waals surface area contributed by atoms with Gasteiger partial charge in [0.15, 0.2) is 0 Å². The van der Waals surface area contributed by atoms with Crippen LogP contribution < -0.4 is 0 Å². The molecule has 0 spiro atoms. The summed E-state index contributed by atoms with van der Waals surface area (Å²) in [7, 11) is 2.04. The maximum absolute atomic E-state index is 6.38. The van der Waals surface area contributed by atoms with Crippen LogP contribution in [0.15, 0.2) is 40.9 Å². The van der Waals surface area contributed by atoms with Crippen LogP contribution in [0.25, 0.3) is 22.6 Å². The summed E-state index contributed by atoms with van der Waals surface area (Å²) >= 11 is 12.4. The predicted molar refractivity (Wildman–Crippen MR) is 108 cm³/mol. The fraction of sp³-hybridized carbons (Fsp3) is 0.250. The Bertz CT molecular complexity index is 1180. The summed E-state index contributed by atoms with van der Waals surface area (Å²) < 4.78 is 7.91. The summed E-state index contributed by atoms with van der Waals surface area (Å²) in [6, 6.07) is 9.57. The van der Waals surface area contributed by atoms with E-state index in [2.05, 4.69) is 19.4 Å². The van der Waals surface area contributed by atoms with Crippen molar-refractivity contribution in [1.29, 1.82) is 0 Å². The van der Waals surface area contributed by atoms with E-state index in [9.17, 15) is 0 Å². The fourth-order valence-electron chi connectivity index (χ4n) is 3.66. The van der Waals surface area contributed by atoms with E-state index in [0.717, 1.165) is 36.6 Å². The van der Waals surface area contributed by atoms with Crippen molar-refractivity contribution in [3.63, 3.8) is 0 Å². The lowest BCUT2D eigenvalue weighted by molar-refractivity contribution is 0.217. The number of pyridine rings is 1. The summed E-state index contributed by atoms with van der Waals surface area (Å²) in [4.78, 5) is 15.9. The highest BCUT2D eigenvalue weighted by molar-refractivity contribution is 6.33. The van der Waals surface area contributed by atoms with Crippen LogP contribution in [0.4, 0.5) is 0 Å². The average molecular weight is 414 g/mol. The Morgan fingerprint density at radius 2 is 2.04 bits per heavy atom. The standard InChI is InChI=1S/C20H17Cl2N5O/c1-26-17-10-27(11-18-24-16-8-12(21)9-23-20(16)28-18)7-6-15(17)25-19(26)13-4-2-3-5-14(13)22/h2-5,8-9H,6-7,10-11H2,1H3. The third-order valence-electron chi connectivity index (χ3n) is 5.07. The number of benzene rings is 1. The summed E-state index contributed by atoms with van der Waals surface area (Å²) in [5.74, 6) is 1.54. The lowest BCUT2D eigenvalue weighted by atomic mass is 10.1. The Balaban J connectivity index is 1.41. The van der Waals surface area contributed by atoms with Gasteiger partial charge < -0.3 is 8.98 Å². The first-order valence-electron chi connectivity index (χ1n) is 9.01. The number of hydrogen-bond acceptors (Lipinski definition) is 5. The molecular weight excluding hydrogens is 397 g/mol. The number of aromatic nitrogens is 4. The van der Waals surface area contributed by atoms with Gasteiger partial charge in [-0.3, -0.25) is 4.90 Å². The van der Waals surface area contributed by atoms with Gasteiger partial charge in [-0.15, -0.1) is 0 Å². The smallest absolute Gasteiger partial charge is 0.247 e. The number of fused-ring (bicyclic) bond motifs is 2. The minimum absolute atomic E-state index is 0.513. The van der Waals surface area contributed by atoms with Crippen molar-refractivity contribution in [2.75, 3.05) is 6.54 Å². The van der Waals surface area contributed by atoms with Gasteiger partial charge in [-0.2, -0.15) is 0 Å². The molecule has 0 N–H and O–H groups in total. The molecule has 0 amide bonds. The second kappa shape index (κ2) is 6.88. The van der Waals surface area contributed by atoms with Gasteiger partial charge in [0.05, 0.1) is 28.0 Å². The Hall–Kier alpha value is -2.41. The maximum atomic E-state index is 6.38. The summed E-state index contributed by atoms with van der Waals surface area (Å²) in [5, 5.41) is 1.26. The molecule has 0 radical (unpaired) electrons. The van der Waals surface area contributed by atoms with Crippen LogP contribution in [-0.2, 0) is 26.6 Å². The van der Waals surface area contributed by atoms with E-state index < -0.39 is 0 Å². The number of imidazole rings is 1. The largest absolute Gasteiger partial charge is 0.421 e. The zero-order valence-electron chi connectivity index (χ0n) is 15.2. The van der Waals surface area contributed by atoms with Gasteiger partial charge in [0.1, 0.15) is 11.3 Å². The first-order valence-corrected chi connectivity index (χ1v) is 9.77. The van der Waals surface area contributed by atoms with E-state index in [4.69, 9.17) is 32.6 Å². The van der Waals surface area contributed by atoms with Crippen molar-refractivity contribution >= 4 is 34.4 Å². The number of rotatable bonds is 3. The SMILES string of the molecule is Cn1c(-c2ccccc2Cl)nc2c1CN(Cc1nc3cc(Cl)cnc3o1)CC2. The van der Waals surface area contributed by atoms with E-state index in [0.29, 0.717) is 33.7 Å². The third-order valence-corrected chi connectivity index (χ3v) is 5.60. The third kappa shape index (κ3) is 3.07. The van der Waals surface area contributed by atoms with Crippen LogP contribution in [0.5, 0.6) is 0 Å². The lowest BCUT2D eigenvalue weighted by Gasteiger charge is -2.25. The van der Waals surface area contributed by atoms with E-state index >= 15 is 0 Å². The van der Waals surface area contributed by atoms with Crippen molar-refractivity contribution in [2.45, 2.75) is 19.5 Å². The zero-order valence-corrected chi connectivity index (χ0v) is 16.7. The molecule has 1 aliphatic heterocycles. The van der Waals surface area contributed by atoms with Gasteiger partial charge in [-0.05, 0) is 18.2 Å². The van der Waals surface area contributed by atoms with Gasteiger partial charge in [0.25, 0.3) is 0 Å². The van der Waals surface area contributed by atoms with Crippen LogP contribution in [-0.4, -0.2) is 31.0 Å². The molecule has 0 unspecified atom stereocenters. The number of halogens is 2. The average Bonchev–Trinajstić information content (AvgIpc) is 3.22. The summed E-state index contributed by atoms with van der Waals surface area (Å²) in [5.41, 5.74) is 4.47. The molecule has 4 aromatic rings. The molecule has 4 heterocycles. The molecule has 1 aromatic carbocycles. The molecule has 8 heteroatoms. The number of oxazole rings is 1. The van der Waals surface area contributed by atoms with Crippen molar-refractivity contribution in [3.8, 4) is 11.4 Å². The Morgan fingerprint density at radius 3 is 2.89 bits per heavy atom. The molecule has 0 atom stereocenters. The second-order valence-electron chi connectivity index (χ2n) is 6.91. The van der Waals surface area contributed by atoms with Crippen molar-refractivity contribution in [3.05, 3.63) is 63.9 Å². The summed E-state index contributed by atoms with van der Waals surface area (Å²) in [6.45, 7) is 2.27. The molecule has 0 saturated carbocycles. The van der Waals surface area contributed by atoms with Crippen molar-refractivity contribution < 1.29 is 4.42 Å². The zero-order chi connectivity index (χ0) is 19.3. The van der Waals surface area contributed by atoms with Gasteiger partial charge in [0, 0.05) is 38.3 Å².